The van der Waals surface area contributed by atoms with E-state index in [0.29, 0.717) is 12.5 Å². The van der Waals surface area contributed by atoms with E-state index in [4.69, 9.17) is 0 Å². The van der Waals surface area contributed by atoms with Gasteiger partial charge in [0.25, 0.3) is 5.91 Å². The molecule has 1 amide bonds. The van der Waals surface area contributed by atoms with E-state index < -0.39 is 5.54 Å². The van der Waals surface area contributed by atoms with Crippen molar-refractivity contribution in [3.8, 4) is 0 Å². The number of rotatable bonds is 5. The zero-order valence-electron chi connectivity index (χ0n) is 15.4. The average molecular weight is 340 g/mol. The van der Waals surface area contributed by atoms with Crippen LogP contribution in [0.2, 0.25) is 0 Å². The van der Waals surface area contributed by atoms with E-state index in [2.05, 4.69) is 48.5 Å². The van der Waals surface area contributed by atoms with Gasteiger partial charge in [0, 0.05) is 26.0 Å². The number of likely N-dealkylation sites (N-methyl/N-ethyl adjacent to an activating group) is 1. The number of carbonyl (C=O) groups excluding carboxylic acids is 1. The van der Waals surface area contributed by atoms with Gasteiger partial charge in [0.1, 0.15) is 5.54 Å². The van der Waals surface area contributed by atoms with E-state index in [1.54, 1.807) is 6.20 Å². The third-order valence-corrected chi connectivity index (χ3v) is 5.18. The van der Waals surface area contributed by atoms with Crippen molar-refractivity contribution in [1.82, 2.24) is 20.0 Å². The van der Waals surface area contributed by atoms with Gasteiger partial charge < -0.3 is 10.2 Å². The molecule has 0 saturated carbocycles. The predicted molar refractivity (Wildman–Crippen MR) is 99.3 cm³/mol. The smallest absolute Gasteiger partial charge is 0.250 e. The van der Waals surface area contributed by atoms with Gasteiger partial charge in [0.15, 0.2) is 0 Å². The Balaban J connectivity index is 1.77. The molecule has 0 spiro atoms. The number of nitrogens with zero attached hydrogens (tertiary/aromatic N) is 3. The van der Waals surface area contributed by atoms with Crippen LogP contribution in [0.1, 0.15) is 43.7 Å². The molecule has 0 aliphatic carbocycles. The first-order valence-corrected chi connectivity index (χ1v) is 9.08. The van der Waals surface area contributed by atoms with Crippen molar-refractivity contribution < 1.29 is 4.79 Å². The Hall–Kier alpha value is -2.14. The van der Waals surface area contributed by atoms with Crippen LogP contribution in [0.25, 0.3) is 0 Å². The van der Waals surface area contributed by atoms with Gasteiger partial charge in [-0.05, 0) is 49.0 Å². The monoisotopic (exact) mass is 340 g/mol. The van der Waals surface area contributed by atoms with Crippen LogP contribution in [0.15, 0.2) is 42.7 Å². The summed E-state index contributed by atoms with van der Waals surface area (Å²) < 4.78 is 1.86. The summed E-state index contributed by atoms with van der Waals surface area (Å²) in [6.45, 7) is 6.67. The number of amides is 1. The summed E-state index contributed by atoms with van der Waals surface area (Å²) in [6, 6.07) is 10.5. The second-order valence-corrected chi connectivity index (χ2v) is 7.29. The number of nitrogens with one attached hydrogen (secondary N) is 1. The lowest BCUT2D eigenvalue weighted by Gasteiger charge is -2.39. The first-order chi connectivity index (χ1) is 12.0. The predicted octanol–water partition coefficient (Wildman–Crippen LogP) is 2.74. The zero-order chi connectivity index (χ0) is 17.9. The topological polar surface area (TPSA) is 50.2 Å². The quantitative estimate of drug-likeness (QED) is 0.910. The molecule has 25 heavy (non-hydrogen) atoms. The molecule has 0 atom stereocenters. The number of aromatic nitrogens is 2. The van der Waals surface area contributed by atoms with Gasteiger partial charge in [-0.2, -0.15) is 5.10 Å². The molecule has 2 heterocycles. The van der Waals surface area contributed by atoms with E-state index >= 15 is 0 Å². The summed E-state index contributed by atoms with van der Waals surface area (Å²) in [7, 11) is 1.89. The largest absolute Gasteiger partial charge is 0.339 e. The lowest BCUT2D eigenvalue weighted by molar-refractivity contribution is -0.142. The summed E-state index contributed by atoms with van der Waals surface area (Å²) in [6.07, 6.45) is 5.20. The molecule has 5 heteroatoms. The molecule has 1 aromatic carbocycles. The van der Waals surface area contributed by atoms with Crippen LogP contribution in [0, 0.1) is 0 Å². The molecule has 0 radical (unpaired) electrons. The molecule has 3 rings (SSSR count). The highest BCUT2D eigenvalue weighted by molar-refractivity contribution is 5.84. The van der Waals surface area contributed by atoms with Crippen molar-refractivity contribution >= 4 is 5.91 Å². The maximum Gasteiger partial charge on any atom is 0.250 e. The van der Waals surface area contributed by atoms with Crippen LogP contribution >= 0.6 is 0 Å². The van der Waals surface area contributed by atoms with Crippen molar-refractivity contribution in [2.75, 3.05) is 20.1 Å². The SMILES string of the molecule is CC(C)c1ccc(CN(C)C(=O)C2(n3cccn3)CCNCC2)cc1. The summed E-state index contributed by atoms with van der Waals surface area (Å²) in [4.78, 5) is 15.2. The summed E-state index contributed by atoms with van der Waals surface area (Å²) in [5, 5.41) is 7.74. The van der Waals surface area contributed by atoms with Crippen molar-refractivity contribution in [2.45, 2.75) is 44.7 Å². The average Bonchev–Trinajstić information content (AvgIpc) is 3.17. The van der Waals surface area contributed by atoms with Gasteiger partial charge >= 0.3 is 0 Å². The number of benzene rings is 1. The molecule has 134 valence electrons. The Morgan fingerprint density at radius 1 is 1.28 bits per heavy atom. The van der Waals surface area contributed by atoms with Crippen molar-refractivity contribution in [2.24, 2.45) is 0 Å². The maximum absolute atomic E-state index is 13.3. The molecule has 0 bridgehead atoms. The molecule has 0 unspecified atom stereocenters. The van der Waals surface area contributed by atoms with Gasteiger partial charge in [-0.3, -0.25) is 9.48 Å². The van der Waals surface area contributed by atoms with Gasteiger partial charge in [-0.1, -0.05) is 38.1 Å². The molecule has 1 fully saturated rings. The third kappa shape index (κ3) is 3.61. The maximum atomic E-state index is 13.3. The van der Waals surface area contributed by atoms with E-state index in [-0.39, 0.29) is 5.91 Å². The van der Waals surface area contributed by atoms with Crippen LogP contribution < -0.4 is 5.32 Å². The molecule has 2 aromatic rings. The van der Waals surface area contributed by atoms with Crippen LogP contribution in [0.4, 0.5) is 0 Å². The molecule has 1 N–H and O–H groups in total. The highest BCUT2D eigenvalue weighted by atomic mass is 16.2. The first kappa shape index (κ1) is 17.7. The third-order valence-electron chi connectivity index (χ3n) is 5.18. The number of carbonyl (C=O) groups is 1. The van der Waals surface area contributed by atoms with Gasteiger partial charge in [-0.15, -0.1) is 0 Å². The fourth-order valence-electron chi connectivity index (χ4n) is 3.61. The zero-order valence-corrected chi connectivity index (χ0v) is 15.4. The molecule has 1 aliphatic heterocycles. The second kappa shape index (κ2) is 7.40. The summed E-state index contributed by atoms with van der Waals surface area (Å²) in [5.74, 6) is 0.664. The Morgan fingerprint density at radius 3 is 2.52 bits per heavy atom. The normalized spacial score (nSPS) is 16.8. The fraction of sp³-hybridized carbons (Fsp3) is 0.500. The number of hydrogen-bond acceptors (Lipinski definition) is 3. The van der Waals surface area contributed by atoms with Crippen LogP contribution in [-0.2, 0) is 16.9 Å². The Labute approximate surface area is 150 Å². The van der Waals surface area contributed by atoms with Crippen molar-refractivity contribution in [3.05, 3.63) is 53.9 Å². The first-order valence-electron chi connectivity index (χ1n) is 9.08. The lowest BCUT2D eigenvalue weighted by atomic mass is 9.86. The van der Waals surface area contributed by atoms with E-state index in [0.717, 1.165) is 31.5 Å². The molecule has 1 saturated heterocycles. The minimum Gasteiger partial charge on any atom is -0.339 e. The summed E-state index contributed by atoms with van der Waals surface area (Å²) >= 11 is 0. The van der Waals surface area contributed by atoms with Gasteiger partial charge in [0.2, 0.25) is 0 Å². The fourth-order valence-corrected chi connectivity index (χ4v) is 3.61. The lowest BCUT2D eigenvalue weighted by Crippen LogP contribution is -2.54. The van der Waals surface area contributed by atoms with Gasteiger partial charge in [0.05, 0.1) is 0 Å². The van der Waals surface area contributed by atoms with Crippen LogP contribution in [0.3, 0.4) is 0 Å². The highest BCUT2D eigenvalue weighted by Crippen LogP contribution is 2.29. The Morgan fingerprint density at radius 2 is 1.96 bits per heavy atom. The van der Waals surface area contributed by atoms with Crippen LogP contribution in [-0.4, -0.2) is 40.7 Å². The number of piperidine rings is 1. The molecule has 5 nitrogen and oxygen atoms in total. The van der Waals surface area contributed by atoms with Gasteiger partial charge in [-0.25, -0.2) is 0 Å². The van der Waals surface area contributed by atoms with Crippen LogP contribution in [0.5, 0.6) is 0 Å². The molecular formula is C20H28N4O. The second-order valence-electron chi connectivity index (χ2n) is 7.29. The number of hydrogen-bond donors (Lipinski definition) is 1. The highest BCUT2D eigenvalue weighted by Gasteiger charge is 2.43. The molecule has 1 aromatic heterocycles. The molecular weight excluding hydrogens is 312 g/mol. The van der Waals surface area contributed by atoms with E-state index in [1.165, 1.54) is 5.56 Å². The van der Waals surface area contributed by atoms with Crippen molar-refractivity contribution in [1.29, 1.82) is 0 Å². The standard InChI is InChI=1S/C20H28N4O/c1-16(2)18-7-5-17(6-8-18)15-23(3)19(25)20(9-12-21-13-10-20)24-14-4-11-22-24/h4-8,11,14,16,21H,9-10,12-13,15H2,1-3H3. The molecule has 1 aliphatic rings. The van der Waals surface area contributed by atoms with E-state index in [1.807, 2.05) is 28.9 Å². The summed E-state index contributed by atoms with van der Waals surface area (Å²) in [5.41, 5.74) is 1.91. The van der Waals surface area contributed by atoms with E-state index in [9.17, 15) is 4.79 Å². The minimum absolute atomic E-state index is 0.144. The van der Waals surface area contributed by atoms with Crippen molar-refractivity contribution in [3.63, 3.8) is 0 Å². The Kier molecular flexibility index (Phi) is 5.23. The minimum atomic E-state index is -0.568. The Bertz CT molecular complexity index is 685.